The molecule has 0 radical (unpaired) electrons. The van der Waals surface area contributed by atoms with Gasteiger partial charge in [0.2, 0.25) is 5.82 Å². The topological polar surface area (TPSA) is 27.7 Å². The Morgan fingerprint density at radius 3 is 2.05 bits per heavy atom. The first-order valence-electron chi connectivity index (χ1n) is 14.2. The molecule has 1 saturated carbocycles. The zero-order chi connectivity index (χ0) is 27.6. The fourth-order valence-electron chi connectivity index (χ4n) is 4.99. The van der Waals surface area contributed by atoms with Crippen LogP contribution in [0.5, 0.6) is 11.5 Å². The number of benzene rings is 3. The average Bonchev–Trinajstić information content (AvgIpc) is 2.96. The quantitative estimate of drug-likeness (QED) is 0.202. The van der Waals surface area contributed by atoms with Gasteiger partial charge in [0.15, 0.2) is 23.1 Å². The van der Waals surface area contributed by atoms with Gasteiger partial charge in [0.1, 0.15) is 6.61 Å². The van der Waals surface area contributed by atoms with E-state index in [4.69, 9.17) is 14.2 Å². The van der Waals surface area contributed by atoms with Crippen molar-refractivity contribution in [3.8, 4) is 22.6 Å². The van der Waals surface area contributed by atoms with Crippen LogP contribution in [0.4, 0.5) is 13.2 Å². The summed E-state index contributed by atoms with van der Waals surface area (Å²) < 4.78 is 61.3. The highest BCUT2D eigenvalue weighted by molar-refractivity contribution is 5.64. The molecule has 4 rings (SSSR count). The summed E-state index contributed by atoms with van der Waals surface area (Å²) in [5.74, 6) is -2.01. The minimum Gasteiger partial charge on any atom is -0.491 e. The Kier molecular flexibility index (Phi) is 10.7. The number of hydrogen-bond donors (Lipinski definition) is 0. The van der Waals surface area contributed by atoms with Crippen LogP contribution in [0, 0.1) is 17.5 Å². The van der Waals surface area contributed by atoms with E-state index in [-0.39, 0.29) is 30.1 Å². The van der Waals surface area contributed by atoms with Crippen molar-refractivity contribution in [2.75, 3.05) is 13.2 Å². The van der Waals surface area contributed by atoms with Crippen molar-refractivity contribution in [2.45, 2.75) is 83.8 Å². The molecule has 0 bridgehead atoms. The fourth-order valence-corrected chi connectivity index (χ4v) is 4.99. The van der Waals surface area contributed by atoms with Gasteiger partial charge in [0.05, 0.1) is 12.7 Å². The van der Waals surface area contributed by atoms with Crippen LogP contribution in [0.1, 0.15) is 82.3 Å². The van der Waals surface area contributed by atoms with Gasteiger partial charge in [0, 0.05) is 6.61 Å². The predicted octanol–water partition coefficient (Wildman–Crippen LogP) is 9.37. The molecule has 210 valence electrons. The van der Waals surface area contributed by atoms with E-state index in [9.17, 15) is 13.2 Å². The lowest BCUT2D eigenvalue weighted by Gasteiger charge is -2.29. The third-order valence-corrected chi connectivity index (χ3v) is 7.41. The van der Waals surface area contributed by atoms with Crippen molar-refractivity contribution in [3.05, 3.63) is 83.2 Å². The molecular formula is C33H39F3O3. The van der Waals surface area contributed by atoms with Gasteiger partial charge in [0.25, 0.3) is 0 Å². The maximum atomic E-state index is 15.0. The molecule has 1 aliphatic rings. The summed E-state index contributed by atoms with van der Waals surface area (Å²) in [4.78, 5) is 0. The Morgan fingerprint density at radius 1 is 0.692 bits per heavy atom. The maximum Gasteiger partial charge on any atom is 0.200 e. The van der Waals surface area contributed by atoms with E-state index in [1.54, 1.807) is 12.1 Å². The molecule has 0 unspecified atom stereocenters. The molecule has 6 heteroatoms. The van der Waals surface area contributed by atoms with Gasteiger partial charge in [-0.2, -0.15) is 4.39 Å². The summed E-state index contributed by atoms with van der Waals surface area (Å²) in [6.45, 7) is 5.54. The smallest absolute Gasteiger partial charge is 0.200 e. The SMILES string of the molecule is CCCCOc1ccc(-c2ccc(COc3ccc(C4CCC(OCCCC)CC4)c(F)c3F)cc2)cc1F. The molecule has 39 heavy (non-hydrogen) atoms. The summed E-state index contributed by atoms with van der Waals surface area (Å²) in [5, 5.41) is 0. The lowest BCUT2D eigenvalue weighted by molar-refractivity contribution is 0.0230. The molecule has 0 spiro atoms. The number of hydrogen-bond acceptors (Lipinski definition) is 3. The molecule has 0 atom stereocenters. The monoisotopic (exact) mass is 540 g/mol. The Labute approximate surface area is 230 Å². The molecule has 1 fully saturated rings. The Balaban J connectivity index is 1.32. The predicted molar refractivity (Wildman–Crippen MR) is 149 cm³/mol. The Morgan fingerprint density at radius 2 is 1.36 bits per heavy atom. The average molecular weight is 541 g/mol. The number of halogens is 3. The standard InChI is InChI=1S/C33H39F3O3/c1-3-5-19-37-27-14-11-25(12-15-27)28-16-18-31(33(36)32(28)35)39-22-23-7-9-24(10-8-23)26-13-17-30(29(34)21-26)38-20-6-4-2/h7-10,13,16-18,21,25,27H,3-6,11-12,14-15,19-20,22H2,1-2H3. The first-order chi connectivity index (χ1) is 19.0. The zero-order valence-corrected chi connectivity index (χ0v) is 23.0. The highest BCUT2D eigenvalue weighted by Crippen LogP contribution is 2.37. The molecule has 0 aliphatic heterocycles. The van der Waals surface area contributed by atoms with Crippen LogP contribution in [0.3, 0.4) is 0 Å². The van der Waals surface area contributed by atoms with E-state index < -0.39 is 17.5 Å². The first kappa shape index (κ1) is 29.0. The van der Waals surface area contributed by atoms with Crippen LogP contribution in [0.15, 0.2) is 54.6 Å². The number of rotatable bonds is 13. The third-order valence-electron chi connectivity index (χ3n) is 7.41. The van der Waals surface area contributed by atoms with Gasteiger partial charge < -0.3 is 14.2 Å². The van der Waals surface area contributed by atoms with Crippen molar-refractivity contribution in [2.24, 2.45) is 0 Å². The van der Waals surface area contributed by atoms with Gasteiger partial charge in [-0.3, -0.25) is 0 Å². The van der Waals surface area contributed by atoms with Crippen LogP contribution in [0.2, 0.25) is 0 Å². The fraction of sp³-hybridized carbons (Fsp3) is 0.455. The van der Waals surface area contributed by atoms with E-state index in [2.05, 4.69) is 13.8 Å². The molecule has 3 nitrogen and oxygen atoms in total. The van der Waals surface area contributed by atoms with Crippen molar-refractivity contribution in [1.29, 1.82) is 0 Å². The Bertz CT molecular complexity index is 1190. The molecule has 0 saturated heterocycles. The highest BCUT2D eigenvalue weighted by Gasteiger charge is 2.27. The Hall–Kier alpha value is -2.99. The summed E-state index contributed by atoms with van der Waals surface area (Å²) in [6.07, 6.45) is 7.55. The molecule has 3 aromatic rings. The van der Waals surface area contributed by atoms with Crippen LogP contribution in [0.25, 0.3) is 11.1 Å². The van der Waals surface area contributed by atoms with Crippen LogP contribution < -0.4 is 9.47 Å². The second-order valence-electron chi connectivity index (χ2n) is 10.3. The molecular weight excluding hydrogens is 501 g/mol. The zero-order valence-electron chi connectivity index (χ0n) is 23.0. The molecule has 1 aliphatic carbocycles. The van der Waals surface area contributed by atoms with E-state index in [0.717, 1.165) is 74.7 Å². The van der Waals surface area contributed by atoms with Crippen molar-refractivity contribution < 1.29 is 27.4 Å². The number of ether oxygens (including phenoxy) is 3. The van der Waals surface area contributed by atoms with Crippen LogP contribution in [-0.2, 0) is 11.3 Å². The van der Waals surface area contributed by atoms with E-state index in [1.165, 1.54) is 12.1 Å². The molecule has 0 amide bonds. The molecule has 3 aromatic carbocycles. The lowest BCUT2D eigenvalue weighted by Crippen LogP contribution is -2.22. The molecule has 0 N–H and O–H groups in total. The summed E-state index contributed by atoms with van der Waals surface area (Å²) in [5.41, 5.74) is 2.78. The summed E-state index contributed by atoms with van der Waals surface area (Å²) >= 11 is 0. The van der Waals surface area contributed by atoms with Crippen LogP contribution >= 0.6 is 0 Å². The highest BCUT2D eigenvalue weighted by atomic mass is 19.2. The minimum absolute atomic E-state index is 0.00562. The molecule has 0 heterocycles. The largest absolute Gasteiger partial charge is 0.491 e. The van der Waals surface area contributed by atoms with Gasteiger partial charge in [-0.25, -0.2) is 8.78 Å². The van der Waals surface area contributed by atoms with Gasteiger partial charge in [-0.05, 0) is 84.9 Å². The van der Waals surface area contributed by atoms with E-state index in [0.29, 0.717) is 12.2 Å². The van der Waals surface area contributed by atoms with Gasteiger partial charge in [-0.15, -0.1) is 0 Å². The lowest BCUT2D eigenvalue weighted by atomic mass is 9.82. The van der Waals surface area contributed by atoms with Gasteiger partial charge >= 0.3 is 0 Å². The van der Waals surface area contributed by atoms with Gasteiger partial charge in [-0.1, -0.05) is 63.1 Å². The van der Waals surface area contributed by atoms with Crippen molar-refractivity contribution >= 4 is 0 Å². The first-order valence-corrected chi connectivity index (χ1v) is 14.2. The number of unbranched alkanes of at least 4 members (excludes halogenated alkanes) is 2. The molecule has 0 aromatic heterocycles. The minimum atomic E-state index is -0.942. The van der Waals surface area contributed by atoms with Crippen molar-refractivity contribution in [1.82, 2.24) is 0 Å². The van der Waals surface area contributed by atoms with E-state index in [1.807, 2.05) is 30.3 Å². The summed E-state index contributed by atoms with van der Waals surface area (Å²) in [6, 6.07) is 15.5. The van der Waals surface area contributed by atoms with E-state index >= 15 is 0 Å². The second kappa shape index (κ2) is 14.4. The third kappa shape index (κ3) is 7.78. The maximum absolute atomic E-state index is 15.0. The second-order valence-corrected chi connectivity index (χ2v) is 10.3. The van der Waals surface area contributed by atoms with Crippen LogP contribution in [-0.4, -0.2) is 19.3 Å². The summed E-state index contributed by atoms with van der Waals surface area (Å²) in [7, 11) is 0. The van der Waals surface area contributed by atoms with Crippen molar-refractivity contribution in [3.63, 3.8) is 0 Å². The normalized spacial score (nSPS) is 17.3.